The molecule has 1 aromatic carbocycles. The van der Waals surface area contributed by atoms with Gasteiger partial charge in [0.05, 0.1) is 11.5 Å². The van der Waals surface area contributed by atoms with Crippen LogP contribution in [0.3, 0.4) is 0 Å². The van der Waals surface area contributed by atoms with Gasteiger partial charge < -0.3 is 10.4 Å². The van der Waals surface area contributed by atoms with Crippen LogP contribution in [0, 0.1) is 5.92 Å². The number of nitrogens with one attached hydrogen (secondary N) is 1. The highest BCUT2D eigenvalue weighted by atomic mass is 16.4. The van der Waals surface area contributed by atoms with Gasteiger partial charge in [-0.05, 0) is 31.0 Å². The van der Waals surface area contributed by atoms with E-state index in [2.05, 4.69) is 10.2 Å². The summed E-state index contributed by atoms with van der Waals surface area (Å²) >= 11 is 0. The lowest BCUT2D eigenvalue weighted by Crippen LogP contribution is -2.41. The third kappa shape index (κ3) is 3.36. The number of piperidine rings is 1. The van der Waals surface area contributed by atoms with Crippen LogP contribution in [0.1, 0.15) is 28.8 Å². The fraction of sp³-hybridized carbons (Fsp3) is 0.467. The van der Waals surface area contributed by atoms with Crippen molar-refractivity contribution in [3.63, 3.8) is 0 Å². The van der Waals surface area contributed by atoms with Crippen LogP contribution in [-0.2, 0) is 11.3 Å². The van der Waals surface area contributed by atoms with Crippen molar-refractivity contribution in [2.75, 3.05) is 20.1 Å². The van der Waals surface area contributed by atoms with E-state index in [-0.39, 0.29) is 11.8 Å². The highest BCUT2D eigenvalue weighted by Crippen LogP contribution is 2.20. The maximum Gasteiger partial charge on any atom is 0.336 e. The first kappa shape index (κ1) is 14.5. The Bertz CT molecular complexity index is 502. The number of amides is 1. The number of hydrogen-bond donors (Lipinski definition) is 2. The van der Waals surface area contributed by atoms with Gasteiger partial charge in [0.1, 0.15) is 0 Å². The molecule has 1 unspecified atom stereocenters. The largest absolute Gasteiger partial charge is 0.478 e. The lowest BCUT2D eigenvalue weighted by atomic mass is 9.96. The Hall–Kier alpha value is -1.88. The molecule has 1 saturated heterocycles. The van der Waals surface area contributed by atoms with E-state index in [0.717, 1.165) is 24.9 Å². The van der Waals surface area contributed by atoms with Crippen molar-refractivity contribution in [2.45, 2.75) is 19.4 Å². The number of hydrogen-bond acceptors (Lipinski definition) is 3. The maximum atomic E-state index is 11.7. The van der Waals surface area contributed by atoms with Crippen LogP contribution >= 0.6 is 0 Å². The molecule has 0 spiro atoms. The quantitative estimate of drug-likeness (QED) is 0.870. The third-order valence-corrected chi connectivity index (χ3v) is 3.76. The van der Waals surface area contributed by atoms with Gasteiger partial charge in [-0.25, -0.2) is 4.79 Å². The average molecular weight is 276 g/mol. The Morgan fingerprint density at radius 3 is 2.85 bits per heavy atom. The predicted octanol–water partition coefficient (Wildman–Crippen LogP) is 1.34. The zero-order valence-electron chi connectivity index (χ0n) is 11.6. The number of likely N-dealkylation sites (tertiary alicyclic amines) is 1. The first-order valence-electron chi connectivity index (χ1n) is 6.87. The van der Waals surface area contributed by atoms with E-state index < -0.39 is 5.97 Å². The van der Waals surface area contributed by atoms with Crippen molar-refractivity contribution in [1.82, 2.24) is 10.2 Å². The molecule has 5 heteroatoms. The second kappa shape index (κ2) is 6.52. The van der Waals surface area contributed by atoms with Crippen molar-refractivity contribution < 1.29 is 14.7 Å². The van der Waals surface area contributed by atoms with E-state index in [0.29, 0.717) is 18.7 Å². The number of carbonyl (C=O) groups excluding carboxylic acids is 1. The molecule has 5 nitrogen and oxygen atoms in total. The second-order valence-corrected chi connectivity index (χ2v) is 5.15. The van der Waals surface area contributed by atoms with Crippen LogP contribution in [0.25, 0.3) is 0 Å². The van der Waals surface area contributed by atoms with Gasteiger partial charge in [-0.15, -0.1) is 0 Å². The number of rotatable bonds is 4. The summed E-state index contributed by atoms with van der Waals surface area (Å²) in [6.07, 6.45) is 1.87. The molecule has 1 fully saturated rings. The summed E-state index contributed by atoms with van der Waals surface area (Å²) in [5.41, 5.74) is 1.15. The number of carboxylic acid groups (broad SMARTS) is 1. The fourth-order valence-corrected chi connectivity index (χ4v) is 2.73. The molecule has 20 heavy (non-hydrogen) atoms. The molecule has 108 valence electrons. The van der Waals surface area contributed by atoms with Crippen LogP contribution < -0.4 is 5.32 Å². The monoisotopic (exact) mass is 276 g/mol. The van der Waals surface area contributed by atoms with Gasteiger partial charge in [0.15, 0.2) is 0 Å². The smallest absolute Gasteiger partial charge is 0.336 e. The zero-order chi connectivity index (χ0) is 14.5. The van der Waals surface area contributed by atoms with Gasteiger partial charge in [-0.3, -0.25) is 9.69 Å². The molecule has 1 aromatic rings. The van der Waals surface area contributed by atoms with Crippen molar-refractivity contribution in [3.8, 4) is 0 Å². The van der Waals surface area contributed by atoms with Crippen LogP contribution in [-0.4, -0.2) is 42.0 Å². The molecule has 0 aliphatic carbocycles. The number of carbonyl (C=O) groups is 2. The van der Waals surface area contributed by atoms with E-state index in [1.807, 2.05) is 12.1 Å². The summed E-state index contributed by atoms with van der Waals surface area (Å²) in [5.74, 6) is -0.826. The minimum atomic E-state index is -0.902. The molecule has 0 bridgehead atoms. The summed E-state index contributed by atoms with van der Waals surface area (Å²) < 4.78 is 0. The standard InChI is InChI=1S/C15H20N2O3/c1-16-14(18)12-6-4-8-17(10-12)9-11-5-2-3-7-13(11)15(19)20/h2-3,5,7,12H,4,6,8-10H2,1H3,(H,16,18)(H,19,20). The highest BCUT2D eigenvalue weighted by Gasteiger charge is 2.25. The first-order valence-corrected chi connectivity index (χ1v) is 6.87. The summed E-state index contributed by atoms with van der Waals surface area (Å²) in [6.45, 7) is 2.17. The summed E-state index contributed by atoms with van der Waals surface area (Å²) in [6, 6.07) is 7.04. The minimum Gasteiger partial charge on any atom is -0.478 e. The predicted molar refractivity (Wildman–Crippen MR) is 75.5 cm³/mol. The minimum absolute atomic E-state index is 0.00532. The zero-order valence-corrected chi connectivity index (χ0v) is 11.6. The highest BCUT2D eigenvalue weighted by molar-refractivity contribution is 5.89. The van der Waals surface area contributed by atoms with Gasteiger partial charge in [0, 0.05) is 20.1 Å². The SMILES string of the molecule is CNC(=O)C1CCCN(Cc2ccccc2C(=O)O)C1. The van der Waals surface area contributed by atoms with E-state index in [1.165, 1.54) is 0 Å². The van der Waals surface area contributed by atoms with Crippen LogP contribution in [0.2, 0.25) is 0 Å². The third-order valence-electron chi connectivity index (χ3n) is 3.76. The molecular weight excluding hydrogens is 256 g/mol. The molecule has 2 N–H and O–H groups in total. The Morgan fingerprint density at radius 1 is 1.40 bits per heavy atom. The first-order chi connectivity index (χ1) is 9.61. The van der Waals surface area contributed by atoms with Crippen LogP contribution in [0.5, 0.6) is 0 Å². The average Bonchev–Trinajstić information content (AvgIpc) is 2.47. The normalized spacial score (nSPS) is 19.6. The van der Waals surface area contributed by atoms with E-state index in [9.17, 15) is 14.7 Å². The van der Waals surface area contributed by atoms with Crippen molar-refractivity contribution in [3.05, 3.63) is 35.4 Å². The Morgan fingerprint density at radius 2 is 2.15 bits per heavy atom. The number of carboxylic acids is 1. The van der Waals surface area contributed by atoms with Gasteiger partial charge in [0.2, 0.25) is 5.91 Å². The molecule has 0 aromatic heterocycles. The van der Waals surface area contributed by atoms with Crippen molar-refractivity contribution >= 4 is 11.9 Å². The molecule has 1 heterocycles. The van der Waals surface area contributed by atoms with Gasteiger partial charge in [0.25, 0.3) is 0 Å². The summed E-state index contributed by atoms with van der Waals surface area (Å²) in [4.78, 5) is 25.1. The molecule has 2 rings (SSSR count). The van der Waals surface area contributed by atoms with E-state index >= 15 is 0 Å². The molecule has 0 radical (unpaired) electrons. The Balaban J connectivity index is 2.06. The van der Waals surface area contributed by atoms with Crippen LogP contribution in [0.4, 0.5) is 0 Å². The van der Waals surface area contributed by atoms with Crippen LogP contribution in [0.15, 0.2) is 24.3 Å². The Labute approximate surface area is 118 Å². The molecule has 1 atom stereocenters. The second-order valence-electron chi connectivity index (χ2n) is 5.15. The van der Waals surface area contributed by atoms with Gasteiger partial charge in [-0.2, -0.15) is 0 Å². The molecule has 1 amide bonds. The molecular formula is C15H20N2O3. The summed E-state index contributed by atoms with van der Waals surface area (Å²) in [5, 5.41) is 11.9. The van der Waals surface area contributed by atoms with Gasteiger partial charge in [-0.1, -0.05) is 18.2 Å². The molecule has 1 aliphatic rings. The fourth-order valence-electron chi connectivity index (χ4n) is 2.73. The lowest BCUT2D eigenvalue weighted by molar-refractivity contribution is -0.126. The molecule has 1 aliphatic heterocycles. The van der Waals surface area contributed by atoms with E-state index in [4.69, 9.17) is 0 Å². The van der Waals surface area contributed by atoms with Crippen molar-refractivity contribution in [1.29, 1.82) is 0 Å². The lowest BCUT2D eigenvalue weighted by Gasteiger charge is -2.32. The number of aromatic carboxylic acids is 1. The number of nitrogens with zero attached hydrogens (tertiary/aromatic N) is 1. The number of benzene rings is 1. The summed E-state index contributed by atoms with van der Waals surface area (Å²) in [7, 11) is 1.65. The molecule has 0 saturated carbocycles. The topological polar surface area (TPSA) is 69.6 Å². The van der Waals surface area contributed by atoms with Gasteiger partial charge >= 0.3 is 5.97 Å². The maximum absolute atomic E-state index is 11.7. The van der Waals surface area contributed by atoms with Crippen molar-refractivity contribution in [2.24, 2.45) is 5.92 Å². The Kier molecular flexibility index (Phi) is 4.74. The van der Waals surface area contributed by atoms with E-state index in [1.54, 1.807) is 19.2 Å².